The van der Waals surface area contributed by atoms with E-state index in [1.807, 2.05) is 35.7 Å². The van der Waals surface area contributed by atoms with Crippen molar-refractivity contribution in [2.75, 3.05) is 25.9 Å². The van der Waals surface area contributed by atoms with E-state index in [0.717, 1.165) is 11.1 Å². The summed E-state index contributed by atoms with van der Waals surface area (Å²) in [6.45, 7) is 0.755. The minimum Gasteiger partial charge on any atom is -0.358 e. The van der Waals surface area contributed by atoms with Gasteiger partial charge in [0.05, 0.1) is 5.25 Å². The predicted octanol–water partition coefficient (Wildman–Crippen LogP) is 2.18. The van der Waals surface area contributed by atoms with E-state index in [0.29, 0.717) is 31.5 Å². The van der Waals surface area contributed by atoms with Crippen LogP contribution in [0.4, 0.5) is 0 Å². The SMILES string of the molecule is CNC(=O)CS(=O)(=O)C1CCN(C(=O)c2ccc(-c3ccsc3)cc2)CC1. The van der Waals surface area contributed by atoms with Gasteiger partial charge in [0.15, 0.2) is 9.84 Å². The Balaban J connectivity index is 1.61. The van der Waals surface area contributed by atoms with Gasteiger partial charge in [0.2, 0.25) is 5.91 Å². The molecule has 1 aliphatic rings. The van der Waals surface area contributed by atoms with Gasteiger partial charge in [0, 0.05) is 25.7 Å². The molecule has 0 radical (unpaired) electrons. The minimum absolute atomic E-state index is 0.0889. The first-order valence-corrected chi connectivity index (χ1v) is 11.4. The lowest BCUT2D eigenvalue weighted by Gasteiger charge is -2.31. The van der Waals surface area contributed by atoms with E-state index < -0.39 is 26.7 Å². The van der Waals surface area contributed by atoms with Crippen LogP contribution in [0.1, 0.15) is 23.2 Å². The highest BCUT2D eigenvalue weighted by Gasteiger charge is 2.33. The molecular weight excluding hydrogens is 384 g/mol. The molecule has 1 aliphatic heterocycles. The molecule has 0 bridgehead atoms. The van der Waals surface area contributed by atoms with Crippen LogP contribution in [0.5, 0.6) is 0 Å². The van der Waals surface area contributed by atoms with Crippen LogP contribution < -0.4 is 5.32 Å². The number of nitrogens with zero attached hydrogens (tertiary/aromatic N) is 1. The summed E-state index contributed by atoms with van der Waals surface area (Å²) in [5, 5.41) is 5.84. The number of carbonyl (C=O) groups is 2. The molecule has 1 saturated heterocycles. The zero-order valence-electron chi connectivity index (χ0n) is 15.1. The van der Waals surface area contributed by atoms with Gasteiger partial charge in [-0.2, -0.15) is 11.3 Å². The van der Waals surface area contributed by atoms with Gasteiger partial charge in [-0.1, -0.05) is 12.1 Å². The van der Waals surface area contributed by atoms with E-state index in [4.69, 9.17) is 0 Å². The van der Waals surface area contributed by atoms with Crippen LogP contribution in [0.2, 0.25) is 0 Å². The fraction of sp³-hybridized carbons (Fsp3) is 0.368. The number of sulfone groups is 1. The highest BCUT2D eigenvalue weighted by Crippen LogP contribution is 2.24. The van der Waals surface area contributed by atoms with Crippen LogP contribution in [0.15, 0.2) is 41.1 Å². The first-order valence-electron chi connectivity index (χ1n) is 8.75. The average molecular weight is 407 g/mol. The maximum absolute atomic E-state index is 12.7. The van der Waals surface area contributed by atoms with Crippen LogP contribution in [-0.2, 0) is 14.6 Å². The van der Waals surface area contributed by atoms with E-state index in [-0.39, 0.29) is 5.91 Å². The molecule has 1 aromatic carbocycles. The van der Waals surface area contributed by atoms with Crippen molar-refractivity contribution in [1.82, 2.24) is 10.2 Å². The van der Waals surface area contributed by atoms with Gasteiger partial charge >= 0.3 is 0 Å². The normalized spacial score (nSPS) is 15.5. The Hall–Kier alpha value is -2.19. The molecule has 27 heavy (non-hydrogen) atoms. The van der Waals surface area contributed by atoms with Crippen LogP contribution in [0.3, 0.4) is 0 Å². The van der Waals surface area contributed by atoms with E-state index >= 15 is 0 Å². The van der Waals surface area contributed by atoms with Crippen molar-refractivity contribution < 1.29 is 18.0 Å². The highest BCUT2D eigenvalue weighted by molar-refractivity contribution is 7.92. The lowest BCUT2D eigenvalue weighted by atomic mass is 10.0. The predicted molar refractivity (Wildman–Crippen MR) is 107 cm³/mol. The fourth-order valence-corrected chi connectivity index (χ4v) is 5.55. The van der Waals surface area contributed by atoms with Crippen molar-refractivity contribution in [3.8, 4) is 11.1 Å². The first kappa shape index (κ1) is 19.6. The van der Waals surface area contributed by atoms with Crippen molar-refractivity contribution in [2.24, 2.45) is 0 Å². The van der Waals surface area contributed by atoms with E-state index in [2.05, 4.69) is 10.7 Å². The number of amides is 2. The molecule has 0 atom stereocenters. The summed E-state index contributed by atoms with van der Waals surface area (Å²) >= 11 is 1.63. The maximum Gasteiger partial charge on any atom is 0.253 e. The molecule has 144 valence electrons. The molecular formula is C19H22N2O4S2. The zero-order valence-corrected chi connectivity index (χ0v) is 16.7. The van der Waals surface area contributed by atoms with Gasteiger partial charge in [0.1, 0.15) is 5.75 Å². The maximum atomic E-state index is 12.7. The number of nitrogens with one attached hydrogen (secondary N) is 1. The zero-order chi connectivity index (χ0) is 19.4. The highest BCUT2D eigenvalue weighted by atomic mass is 32.2. The van der Waals surface area contributed by atoms with Crippen molar-refractivity contribution in [3.05, 3.63) is 46.7 Å². The number of piperidine rings is 1. The minimum atomic E-state index is -3.49. The first-order chi connectivity index (χ1) is 12.9. The number of rotatable bonds is 5. The molecule has 1 aromatic heterocycles. The molecule has 3 rings (SSSR count). The largest absolute Gasteiger partial charge is 0.358 e. The summed E-state index contributed by atoms with van der Waals surface area (Å²) in [4.78, 5) is 25.8. The van der Waals surface area contributed by atoms with Crippen LogP contribution in [0.25, 0.3) is 11.1 Å². The van der Waals surface area contributed by atoms with Gasteiger partial charge < -0.3 is 10.2 Å². The molecule has 2 amide bonds. The number of hydrogen-bond donors (Lipinski definition) is 1. The number of thiophene rings is 1. The van der Waals surface area contributed by atoms with Crippen LogP contribution >= 0.6 is 11.3 Å². The Morgan fingerprint density at radius 1 is 1.11 bits per heavy atom. The molecule has 1 fully saturated rings. The molecule has 6 nitrogen and oxygen atoms in total. The van der Waals surface area contributed by atoms with Gasteiger partial charge in [-0.25, -0.2) is 8.42 Å². The Morgan fingerprint density at radius 3 is 2.33 bits per heavy atom. The molecule has 0 spiro atoms. The van der Waals surface area contributed by atoms with Gasteiger partial charge in [0.25, 0.3) is 5.91 Å². The lowest BCUT2D eigenvalue weighted by molar-refractivity contribution is -0.118. The standard InChI is InChI=1S/C19H22N2O4S2/c1-20-18(22)13-27(24,25)17-6-9-21(10-7-17)19(23)15-4-2-14(3-5-15)16-8-11-26-12-16/h2-5,8,11-12,17H,6-7,9-10,13H2,1H3,(H,20,22). The number of likely N-dealkylation sites (tertiary alicyclic amines) is 1. The van der Waals surface area contributed by atoms with Gasteiger partial charge in [-0.3, -0.25) is 9.59 Å². The summed E-state index contributed by atoms with van der Waals surface area (Å²) in [5.41, 5.74) is 2.79. The molecule has 2 aromatic rings. The number of benzene rings is 1. The monoisotopic (exact) mass is 406 g/mol. The summed E-state index contributed by atoms with van der Waals surface area (Å²) < 4.78 is 24.6. The molecule has 1 N–H and O–H groups in total. The van der Waals surface area contributed by atoms with Gasteiger partial charge in [-0.05, 0) is 52.9 Å². The summed E-state index contributed by atoms with van der Waals surface area (Å²) in [5.74, 6) is -1.08. The third-order valence-electron chi connectivity index (χ3n) is 4.83. The van der Waals surface area contributed by atoms with Crippen molar-refractivity contribution in [2.45, 2.75) is 18.1 Å². The van der Waals surface area contributed by atoms with Crippen molar-refractivity contribution in [1.29, 1.82) is 0 Å². The average Bonchev–Trinajstić information content (AvgIpc) is 3.22. The second-order valence-electron chi connectivity index (χ2n) is 6.56. The van der Waals surface area contributed by atoms with Gasteiger partial charge in [-0.15, -0.1) is 0 Å². The molecule has 0 saturated carbocycles. The van der Waals surface area contributed by atoms with Crippen LogP contribution in [-0.4, -0.2) is 56.3 Å². The quantitative estimate of drug-likeness (QED) is 0.825. The number of hydrogen-bond acceptors (Lipinski definition) is 5. The Labute approximate surface area is 163 Å². The second kappa shape index (κ2) is 8.22. The Kier molecular flexibility index (Phi) is 5.96. The smallest absolute Gasteiger partial charge is 0.253 e. The molecule has 8 heteroatoms. The number of carbonyl (C=O) groups excluding carboxylic acids is 2. The molecule has 0 unspecified atom stereocenters. The Bertz CT molecular complexity index is 898. The second-order valence-corrected chi connectivity index (χ2v) is 9.62. The summed E-state index contributed by atoms with van der Waals surface area (Å²) in [6.07, 6.45) is 0.718. The summed E-state index contributed by atoms with van der Waals surface area (Å²) in [6, 6.07) is 9.50. The third-order valence-corrected chi connectivity index (χ3v) is 7.67. The topological polar surface area (TPSA) is 83.6 Å². The van der Waals surface area contributed by atoms with E-state index in [9.17, 15) is 18.0 Å². The van der Waals surface area contributed by atoms with E-state index in [1.54, 1.807) is 16.2 Å². The van der Waals surface area contributed by atoms with Crippen LogP contribution in [0, 0.1) is 0 Å². The Morgan fingerprint density at radius 2 is 1.78 bits per heavy atom. The van der Waals surface area contributed by atoms with Crippen molar-refractivity contribution in [3.63, 3.8) is 0 Å². The third kappa shape index (κ3) is 4.56. The van der Waals surface area contributed by atoms with Crippen molar-refractivity contribution >= 4 is 33.0 Å². The summed E-state index contributed by atoms with van der Waals surface area (Å²) in [7, 11) is -2.07. The van der Waals surface area contributed by atoms with E-state index in [1.165, 1.54) is 7.05 Å². The fourth-order valence-electron chi connectivity index (χ4n) is 3.21. The molecule has 2 heterocycles. The lowest BCUT2D eigenvalue weighted by Crippen LogP contribution is -2.44. The molecule has 0 aliphatic carbocycles.